The van der Waals surface area contributed by atoms with Gasteiger partial charge in [-0.15, -0.1) is 0 Å². The number of rotatable bonds is 8. The minimum absolute atomic E-state index is 0.752. The van der Waals surface area contributed by atoms with Gasteiger partial charge >= 0.3 is 0 Å². The Kier molecular flexibility index (Phi) is 6.87. The first-order chi connectivity index (χ1) is 16.7. The third-order valence-corrected chi connectivity index (χ3v) is 6.98. The molecule has 3 aromatic carbocycles. The standard InChI is InChI=1S/C30H34N2O2/c1-23-28-8-4-5-9-29(28)32(30(23)25-12-16-26(33-2)17-13-25)22-24-10-14-27(15-11-24)34-21-20-31-18-6-3-7-19-31/h4-5,8-17H,3,6-7,18-22H2,1-2H3. The lowest BCUT2D eigenvalue weighted by molar-refractivity contribution is 0.183. The molecular formula is C30H34N2O2. The quantitative estimate of drug-likeness (QED) is 0.302. The van der Waals surface area contributed by atoms with Crippen LogP contribution in [0.2, 0.25) is 0 Å². The third kappa shape index (κ3) is 4.83. The van der Waals surface area contributed by atoms with E-state index in [1.165, 1.54) is 65.6 Å². The van der Waals surface area contributed by atoms with Crippen molar-refractivity contribution in [1.29, 1.82) is 0 Å². The predicted molar refractivity (Wildman–Crippen MR) is 140 cm³/mol. The van der Waals surface area contributed by atoms with Crippen molar-refractivity contribution in [2.45, 2.75) is 32.7 Å². The van der Waals surface area contributed by atoms with Crippen molar-refractivity contribution < 1.29 is 9.47 Å². The van der Waals surface area contributed by atoms with Gasteiger partial charge in [-0.2, -0.15) is 0 Å². The highest BCUT2D eigenvalue weighted by molar-refractivity contribution is 5.91. The van der Waals surface area contributed by atoms with Crippen LogP contribution in [0.5, 0.6) is 11.5 Å². The van der Waals surface area contributed by atoms with Gasteiger partial charge in [-0.25, -0.2) is 0 Å². The van der Waals surface area contributed by atoms with Crippen LogP contribution < -0.4 is 9.47 Å². The molecule has 0 spiro atoms. The molecule has 1 aliphatic heterocycles. The van der Waals surface area contributed by atoms with E-state index in [-0.39, 0.29) is 0 Å². The molecule has 34 heavy (non-hydrogen) atoms. The van der Waals surface area contributed by atoms with Crippen LogP contribution >= 0.6 is 0 Å². The van der Waals surface area contributed by atoms with Crippen LogP contribution in [0, 0.1) is 6.92 Å². The number of ether oxygens (including phenoxy) is 2. The monoisotopic (exact) mass is 454 g/mol. The third-order valence-electron chi connectivity index (χ3n) is 6.98. The van der Waals surface area contributed by atoms with Gasteiger partial charge in [-0.1, -0.05) is 36.8 Å². The first-order valence-corrected chi connectivity index (χ1v) is 12.4. The Balaban J connectivity index is 1.35. The lowest BCUT2D eigenvalue weighted by Crippen LogP contribution is -2.33. The molecule has 0 radical (unpaired) electrons. The Morgan fingerprint density at radius 1 is 0.794 bits per heavy atom. The summed E-state index contributed by atoms with van der Waals surface area (Å²) >= 11 is 0. The Labute approximate surface area is 202 Å². The van der Waals surface area contributed by atoms with Crippen LogP contribution in [0.1, 0.15) is 30.4 Å². The van der Waals surface area contributed by atoms with E-state index in [2.05, 4.69) is 77.1 Å². The molecule has 1 fully saturated rings. The second-order valence-corrected chi connectivity index (χ2v) is 9.20. The van der Waals surface area contributed by atoms with Crippen LogP contribution in [-0.4, -0.2) is 42.8 Å². The molecule has 0 bridgehead atoms. The number of likely N-dealkylation sites (tertiary alicyclic amines) is 1. The first kappa shape index (κ1) is 22.5. The molecule has 0 atom stereocenters. The fourth-order valence-corrected chi connectivity index (χ4v) is 5.11. The lowest BCUT2D eigenvalue weighted by Gasteiger charge is -2.26. The Morgan fingerprint density at radius 3 is 2.24 bits per heavy atom. The maximum Gasteiger partial charge on any atom is 0.119 e. The van der Waals surface area contributed by atoms with E-state index in [0.29, 0.717) is 0 Å². The number of methoxy groups -OCH3 is 1. The molecule has 4 aromatic rings. The van der Waals surface area contributed by atoms with E-state index < -0.39 is 0 Å². The van der Waals surface area contributed by atoms with E-state index in [1.807, 2.05) is 12.1 Å². The largest absolute Gasteiger partial charge is 0.497 e. The maximum atomic E-state index is 6.04. The van der Waals surface area contributed by atoms with Gasteiger partial charge in [0.05, 0.1) is 12.8 Å². The molecule has 0 aliphatic carbocycles. The molecule has 1 saturated heterocycles. The molecule has 0 unspecified atom stereocenters. The molecular weight excluding hydrogens is 420 g/mol. The highest BCUT2D eigenvalue weighted by Gasteiger charge is 2.16. The zero-order valence-electron chi connectivity index (χ0n) is 20.3. The normalized spacial score (nSPS) is 14.4. The summed E-state index contributed by atoms with van der Waals surface area (Å²) in [5.74, 6) is 1.82. The number of para-hydroxylation sites is 1. The lowest BCUT2D eigenvalue weighted by atomic mass is 10.1. The van der Waals surface area contributed by atoms with Crippen molar-refractivity contribution in [1.82, 2.24) is 9.47 Å². The van der Waals surface area contributed by atoms with Gasteiger partial charge in [0.1, 0.15) is 18.1 Å². The zero-order chi connectivity index (χ0) is 23.3. The van der Waals surface area contributed by atoms with Crippen LogP contribution in [0.15, 0.2) is 72.8 Å². The van der Waals surface area contributed by atoms with Gasteiger partial charge in [-0.3, -0.25) is 4.90 Å². The minimum atomic E-state index is 0.752. The average Bonchev–Trinajstić information content (AvgIpc) is 3.17. The molecule has 5 rings (SSSR count). The molecule has 176 valence electrons. The van der Waals surface area contributed by atoms with Gasteiger partial charge in [-0.05, 0) is 92.0 Å². The summed E-state index contributed by atoms with van der Waals surface area (Å²) in [5.41, 5.74) is 6.28. The van der Waals surface area contributed by atoms with E-state index in [4.69, 9.17) is 9.47 Å². The molecule has 4 nitrogen and oxygen atoms in total. The summed E-state index contributed by atoms with van der Waals surface area (Å²) in [7, 11) is 1.71. The van der Waals surface area contributed by atoms with Crippen molar-refractivity contribution in [2.24, 2.45) is 0 Å². The van der Waals surface area contributed by atoms with Crippen LogP contribution in [0.4, 0.5) is 0 Å². The Bertz CT molecular complexity index is 1220. The molecule has 0 N–H and O–H groups in total. The number of hydrogen-bond donors (Lipinski definition) is 0. The summed E-state index contributed by atoms with van der Waals surface area (Å²) < 4.78 is 13.8. The molecule has 1 aliphatic rings. The van der Waals surface area contributed by atoms with Crippen molar-refractivity contribution in [3.63, 3.8) is 0 Å². The molecule has 1 aromatic heterocycles. The van der Waals surface area contributed by atoms with Crippen LogP contribution in [0.25, 0.3) is 22.2 Å². The summed E-state index contributed by atoms with van der Waals surface area (Å²) in [5, 5.41) is 1.30. The van der Waals surface area contributed by atoms with E-state index in [0.717, 1.165) is 31.2 Å². The predicted octanol–water partition coefficient (Wildman–Crippen LogP) is 6.54. The van der Waals surface area contributed by atoms with Gasteiger partial charge in [0.15, 0.2) is 0 Å². The van der Waals surface area contributed by atoms with Crippen LogP contribution in [0.3, 0.4) is 0 Å². The second-order valence-electron chi connectivity index (χ2n) is 9.20. The summed E-state index contributed by atoms with van der Waals surface area (Å²) in [6.07, 6.45) is 4.01. The highest BCUT2D eigenvalue weighted by Crippen LogP contribution is 2.34. The van der Waals surface area contributed by atoms with Gasteiger partial charge in [0, 0.05) is 24.0 Å². The number of nitrogens with zero attached hydrogens (tertiary/aromatic N) is 2. The number of benzene rings is 3. The number of aromatic nitrogens is 1. The number of hydrogen-bond acceptors (Lipinski definition) is 3. The summed E-state index contributed by atoms with van der Waals surface area (Å²) in [6.45, 7) is 7.22. The fourth-order valence-electron chi connectivity index (χ4n) is 5.11. The molecule has 2 heterocycles. The van der Waals surface area contributed by atoms with Gasteiger partial charge in [0.25, 0.3) is 0 Å². The highest BCUT2D eigenvalue weighted by atomic mass is 16.5. The number of fused-ring (bicyclic) bond motifs is 1. The van der Waals surface area contributed by atoms with Crippen molar-refractivity contribution in [2.75, 3.05) is 33.4 Å². The Hall–Kier alpha value is -3.24. The van der Waals surface area contributed by atoms with Crippen molar-refractivity contribution in [3.8, 4) is 22.8 Å². The summed E-state index contributed by atoms with van der Waals surface area (Å²) in [4.78, 5) is 2.51. The van der Waals surface area contributed by atoms with E-state index in [1.54, 1.807) is 7.11 Å². The fraction of sp³-hybridized carbons (Fsp3) is 0.333. The number of piperidine rings is 1. The minimum Gasteiger partial charge on any atom is -0.497 e. The van der Waals surface area contributed by atoms with E-state index >= 15 is 0 Å². The van der Waals surface area contributed by atoms with Gasteiger partial charge in [0.2, 0.25) is 0 Å². The average molecular weight is 455 g/mol. The SMILES string of the molecule is COc1ccc(-c2c(C)c3ccccc3n2Cc2ccc(OCCN3CCCCC3)cc2)cc1. The topological polar surface area (TPSA) is 26.6 Å². The van der Waals surface area contributed by atoms with E-state index in [9.17, 15) is 0 Å². The second kappa shape index (κ2) is 10.4. The van der Waals surface area contributed by atoms with Crippen LogP contribution in [-0.2, 0) is 6.54 Å². The smallest absolute Gasteiger partial charge is 0.119 e. The van der Waals surface area contributed by atoms with Crippen molar-refractivity contribution in [3.05, 3.63) is 83.9 Å². The molecule has 0 amide bonds. The Morgan fingerprint density at radius 2 is 1.50 bits per heavy atom. The number of aryl methyl sites for hydroxylation is 1. The first-order valence-electron chi connectivity index (χ1n) is 12.4. The molecule has 4 heteroatoms. The van der Waals surface area contributed by atoms with Crippen molar-refractivity contribution >= 4 is 10.9 Å². The van der Waals surface area contributed by atoms with Gasteiger partial charge < -0.3 is 14.0 Å². The zero-order valence-corrected chi connectivity index (χ0v) is 20.3. The molecule has 0 saturated carbocycles. The summed E-state index contributed by atoms with van der Waals surface area (Å²) in [6, 6.07) is 25.6. The maximum absolute atomic E-state index is 6.04.